The summed E-state index contributed by atoms with van der Waals surface area (Å²) < 4.78 is 15.6. The standard InChI is InChI=1S/C18H20ClN3O5/c1-25-15-11-13(16(26-2)10-12(15)19)20-18(24)22-7-5-21(6-8-22)17(23)14-4-3-9-27-14/h3-4,9-11H,5-8H2,1-2H3,(H,20,24). The van der Waals surface area contributed by atoms with E-state index in [1.807, 2.05) is 0 Å². The second-order valence-corrected chi connectivity index (χ2v) is 6.28. The van der Waals surface area contributed by atoms with Crippen molar-refractivity contribution in [3.63, 3.8) is 0 Å². The number of piperazine rings is 1. The van der Waals surface area contributed by atoms with Crippen LogP contribution >= 0.6 is 11.6 Å². The number of benzene rings is 1. The highest BCUT2D eigenvalue weighted by molar-refractivity contribution is 6.32. The highest BCUT2D eigenvalue weighted by Crippen LogP contribution is 2.36. The van der Waals surface area contributed by atoms with Crippen LogP contribution in [-0.4, -0.2) is 62.1 Å². The van der Waals surface area contributed by atoms with Gasteiger partial charge in [-0.3, -0.25) is 4.79 Å². The fourth-order valence-electron chi connectivity index (χ4n) is 2.82. The first-order valence-corrected chi connectivity index (χ1v) is 8.71. The Kier molecular flexibility index (Phi) is 5.75. The van der Waals surface area contributed by atoms with Gasteiger partial charge in [0.1, 0.15) is 11.5 Å². The number of nitrogens with one attached hydrogen (secondary N) is 1. The van der Waals surface area contributed by atoms with Gasteiger partial charge in [-0.1, -0.05) is 11.6 Å². The summed E-state index contributed by atoms with van der Waals surface area (Å²) in [5.41, 5.74) is 0.456. The summed E-state index contributed by atoms with van der Waals surface area (Å²) in [6.45, 7) is 1.67. The van der Waals surface area contributed by atoms with Gasteiger partial charge in [-0.25, -0.2) is 4.79 Å². The van der Waals surface area contributed by atoms with Crippen LogP contribution in [0.5, 0.6) is 11.5 Å². The minimum absolute atomic E-state index is 0.177. The van der Waals surface area contributed by atoms with Crippen molar-refractivity contribution >= 4 is 29.2 Å². The van der Waals surface area contributed by atoms with Crippen molar-refractivity contribution in [2.24, 2.45) is 0 Å². The lowest BCUT2D eigenvalue weighted by atomic mass is 10.2. The Morgan fingerprint density at radius 2 is 1.74 bits per heavy atom. The number of nitrogens with zero attached hydrogens (tertiary/aromatic N) is 2. The van der Waals surface area contributed by atoms with Gasteiger partial charge >= 0.3 is 6.03 Å². The zero-order valence-corrected chi connectivity index (χ0v) is 15.8. The van der Waals surface area contributed by atoms with Crippen LogP contribution in [0.25, 0.3) is 0 Å². The molecule has 27 heavy (non-hydrogen) atoms. The molecule has 0 radical (unpaired) electrons. The summed E-state index contributed by atoms with van der Waals surface area (Å²) in [5.74, 6) is 0.984. The number of anilines is 1. The fraction of sp³-hybridized carbons (Fsp3) is 0.333. The van der Waals surface area contributed by atoms with Crippen LogP contribution in [0.4, 0.5) is 10.5 Å². The molecule has 0 saturated carbocycles. The number of carbonyl (C=O) groups excluding carboxylic acids is 2. The van der Waals surface area contributed by atoms with Gasteiger partial charge in [-0.15, -0.1) is 0 Å². The number of ether oxygens (including phenoxy) is 2. The average molecular weight is 394 g/mol. The predicted molar refractivity (Wildman–Crippen MR) is 99.8 cm³/mol. The largest absolute Gasteiger partial charge is 0.495 e. The maximum atomic E-state index is 12.6. The molecule has 8 nitrogen and oxygen atoms in total. The van der Waals surface area contributed by atoms with Crippen molar-refractivity contribution in [3.05, 3.63) is 41.3 Å². The molecule has 0 spiro atoms. The van der Waals surface area contributed by atoms with Gasteiger partial charge in [0.15, 0.2) is 5.76 Å². The Balaban J connectivity index is 1.62. The van der Waals surface area contributed by atoms with Crippen LogP contribution in [0.15, 0.2) is 34.9 Å². The minimum atomic E-state index is -0.289. The Bertz CT molecular complexity index is 817. The molecule has 3 rings (SSSR count). The molecule has 1 aromatic carbocycles. The van der Waals surface area contributed by atoms with E-state index in [4.69, 9.17) is 25.5 Å². The second kappa shape index (κ2) is 8.22. The van der Waals surface area contributed by atoms with Crippen molar-refractivity contribution in [2.75, 3.05) is 45.7 Å². The molecule has 1 saturated heterocycles. The lowest BCUT2D eigenvalue weighted by Gasteiger charge is -2.34. The van der Waals surface area contributed by atoms with Crippen LogP contribution in [0.2, 0.25) is 5.02 Å². The molecule has 144 valence electrons. The molecule has 0 atom stereocenters. The zero-order chi connectivity index (χ0) is 19.4. The smallest absolute Gasteiger partial charge is 0.322 e. The van der Waals surface area contributed by atoms with Crippen LogP contribution < -0.4 is 14.8 Å². The monoisotopic (exact) mass is 393 g/mol. The third-order valence-electron chi connectivity index (χ3n) is 4.30. The molecule has 1 fully saturated rings. The van der Waals surface area contributed by atoms with Gasteiger partial charge in [0.05, 0.1) is 31.2 Å². The third-order valence-corrected chi connectivity index (χ3v) is 4.60. The van der Waals surface area contributed by atoms with Crippen molar-refractivity contribution in [3.8, 4) is 11.5 Å². The van der Waals surface area contributed by atoms with E-state index >= 15 is 0 Å². The molecule has 0 aliphatic carbocycles. The molecule has 2 heterocycles. The van der Waals surface area contributed by atoms with Gasteiger partial charge in [0.25, 0.3) is 5.91 Å². The molecular weight excluding hydrogens is 374 g/mol. The summed E-state index contributed by atoms with van der Waals surface area (Å²) in [4.78, 5) is 28.2. The van der Waals surface area contributed by atoms with Crippen molar-refractivity contribution in [1.82, 2.24) is 9.80 Å². The number of rotatable bonds is 4. The summed E-state index contributed by atoms with van der Waals surface area (Å²) in [6.07, 6.45) is 1.46. The first-order chi connectivity index (χ1) is 13.0. The quantitative estimate of drug-likeness (QED) is 0.863. The minimum Gasteiger partial charge on any atom is -0.495 e. The molecule has 9 heteroatoms. The molecular formula is C18H20ClN3O5. The zero-order valence-electron chi connectivity index (χ0n) is 15.0. The third kappa shape index (κ3) is 4.11. The summed E-state index contributed by atoms with van der Waals surface area (Å²) in [6, 6.07) is 6.20. The van der Waals surface area contributed by atoms with Crippen molar-refractivity contribution in [1.29, 1.82) is 0 Å². The van der Waals surface area contributed by atoms with Crippen LogP contribution in [0.1, 0.15) is 10.6 Å². The molecule has 1 aliphatic rings. The van der Waals surface area contributed by atoms with Crippen molar-refractivity contribution in [2.45, 2.75) is 0 Å². The summed E-state index contributed by atoms with van der Waals surface area (Å²) >= 11 is 6.08. The van der Waals surface area contributed by atoms with E-state index in [0.29, 0.717) is 54.1 Å². The highest BCUT2D eigenvalue weighted by atomic mass is 35.5. The second-order valence-electron chi connectivity index (χ2n) is 5.87. The van der Waals surface area contributed by atoms with E-state index in [0.717, 1.165) is 0 Å². The van der Waals surface area contributed by atoms with E-state index in [9.17, 15) is 9.59 Å². The molecule has 0 bridgehead atoms. The maximum Gasteiger partial charge on any atom is 0.322 e. The molecule has 0 unspecified atom stereocenters. The van der Waals surface area contributed by atoms with E-state index in [1.54, 1.807) is 34.1 Å². The van der Waals surface area contributed by atoms with E-state index in [2.05, 4.69) is 5.32 Å². The normalized spacial score (nSPS) is 14.0. The summed E-state index contributed by atoms with van der Waals surface area (Å²) in [5, 5.41) is 3.19. The van der Waals surface area contributed by atoms with E-state index < -0.39 is 0 Å². The predicted octanol–water partition coefficient (Wildman–Crippen LogP) is 2.94. The molecule has 1 N–H and O–H groups in total. The number of amides is 3. The molecule has 1 aromatic heterocycles. The lowest BCUT2D eigenvalue weighted by Crippen LogP contribution is -2.51. The molecule has 1 aliphatic heterocycles. The topological polar surface area (TPSA) is 84.3 Å². The van der Waals surface area contributed by atoms with Gasteiger partial charge in [0.2, 0.25) is 0 Å². The first kappa shape index (κ1) is 18.9. The number of hydrogen-bond acceptors (Lipinski definition) is 5. The van der Waals surface area contributed by atoms with Gasteiger partial charge < -0.3 is 29.0 Å². The Hall–Kier alpha value is -2.87. The molecule has 2 aromatic rings. The Labute approximate surface area is 161 Å². The SMILES string of the molecule is COc1cc(NC(=O)N2CCN(C(=O)c3ccco3)CC2)c(OC)cc1Cl. The Morgan fingerprint density at radius 1 is 1.07 bits per heavy atom. The number of hydrogen-bond donors (Lipinski definition) is 1. The number of halogens is 1. The van der Waals surface area contributed by atoms with E-state index in [-0.39, 0.29) is 11.9 Å². The van der Waals surface area contributed by atoms with Gasteiger partial charge in [-0.05, 0) is 12.1 Å². The van der Waals surface area contributed by atoms with E-state index in [1.165, 1.54) is 20.5 Å². The average Bonchev–Trinajstić information content (AvgIpc) is 3.23. The maximum absolute atomic E-state index is 12.6. The Morgan fingerprint density at radius 3 is 2.33 bits per heavy atom. The number of carbonyl (C=O) groups is 2. The molecule has 3 amide bonds. The van der Waals surface area contributed by atoms with Crippen LogP contribution in [-0.2, 0) is 0 Å². The number of methoxy groups -OCH3 is 2. The number of urea groups is 1. The number of furan rings is 1. The fourth-order valence-corrected chi connectivity index (χ4v) is 3.05. The first-order valence-electron chi connectivity index (χ1n) is 8.33. The highest BCUT2D eigenvalue weighted by Gasteiger charge is 2.26. The van der Waals surface area contributed by atoms with Crippen LogP contribution in [0, 0.1) is 0 Å². The van der Waals surface area contributed by atoms with Crippen molar-refractivity contribution < 1.29 is 23.5 Å². The van der Waals surface area contributed by atoms with Gasteiger partial charge in [-0.2, -0.15) is 0 Å². The van der Waals surface area contributed by atoms with Crippen LogP contribution in [0.3, 0.4) is 0 Å². The summed E-state index contributed by atoms with van der Waals surface area (Å²) in [7, 11) is 2.99. The lowest BCUT2D eigenvalue weighted by molar-refractivity contribution is 0.0640. The van der Waals surface area contributed by atoms with Gasteiger partial charge in [0, 0.05) is 38.3 Å².